The van der Waals surface area contributed by atoms with E-state index in [2.05, 4.69) is 0 Å². The minimum atomic E-state index is -0.348. The molecule has 0 aliphatic carbocycles. The standard InChI is InChI=1S/C8H16O2/c1-7(6-10-3)4-5-8(2)9/h4-5,7-9H,6H2,1-3H3/b5-4+. The molecule has 0 aliphatic heterocycles. The minimum Gasteiger partial charge on any atom is -0.389 e. The number of aliphatic hydroxyl groups is 1. The summed E-state index contributed by atoms with van der Waals surface area (Å²) < 4.78 is 4.90. The lowest BCUT2D eigenvalue weighted by Gasteiger charge is -2.03. The van der Waals surface area contributed by atoms with Gasteiger partial charge in [0.15, 0.2) is 0 Å². The highest BCUT2D eigenvalue weighted by atomic mass is 16.5. The highest BCUT2D eigenvalue weighted by Crippen LogP contribution is 1.97. The van der Waals surface area contributed by atoms with Crippen molar-refractivity contribution in [3.05, 3.63) is 12.2 Å². The molecule has 0 heterocycles. The van der Waals surface area contributed by atoms with Crippen molar-refractivity contribution in [2.45, 2.75) is 20.0 Å². The third-order valence-electron chi connectivity index (χ3n) is 1.15. The Morgan fingerprint density at radius 2 is 2.00 bits per heavy atom. The van der Waals surface area contributed by atoms with E-state index in [9.17, 15) is 0 Å². The Hall–Kier alpha value is -0.340. The third kappa shape index (κ3) is 5.79. The third-order valence-corrected chi connectivity index (χ3v) is 1.15. The minimum absolute atomic E-state index is 0.348. The molecule has 0 spiro atoms. The van der Waals surface area contributed by atoms with Gasteiger partial charge in [0.2, 0.25) is 0 Å². The largest absolute Gasteiger partial charge is 0.389 e. The van der Waals surface area contributed by atoms with E-state index >= 15 is 0 Å². The van der Waals surface area contributed by atoms with Gasteiger partial charge in [-0.25, -0.2) is 0 Å². The second-order valence-electron chi connectivity index (χ2n) is 2.56. The number of rotatable bonds is 4. The van der Waals surface area contributed by atoms with Crippen LogP contribution < -0.4 is 0 Å². The van der Waals surface area contributed by atoms with Gasteiger partial charge in [-0.2, -0.15) is 0 Å². The molecule has 0 amide bonds. The van der Waals surface area contributed by atoms with Gasteiger partial charge in [0.25, 0.3) is 0 Å². The number of hydrogen-bond donors (Lipinski definition) is 1. The van der Waals surface area contributed by atoms with Crippen LogP contribution in [0.4, 0.5) is 0 Å². The van der Waals surface area contributed by atoms with Gasteiger partial charge in [-0.05, 0) is 12.8 Å². The van der Waals surface area contributed by atoms with Crippen molar-refractivity contribution in [1.29, 1.82) is 0 Å². The summed E-state index contributed by atoms with van der Waals surface area (Å²) in [7, 11) is 1.67. The molecule has 0 aromatic carbocycles. The van der Waals surface area contributed by atoms with E-state index in [1.54, 1.807) is 20.1 Å². The number of hydrogen-bond acceptors (Lipinski definition) is 2. The van der Waals surface area contributed by atoms with Gasteiger partial charge in [0.05, 0.1) is 12.7 Å². The Morgan fingerprint density at radius 3 is 2.40 bits per heavy atom. The SMILES string of the molecule is COCC(C)/C=C/C(C)O. The van der Waals surface area contributed by atoms with Crippen LogP contribution in [0.3, 0.4) is 0 Å². The molecule has 0 fully saturated rings. The van der Waals surface area contributed by atoms with Crippen LogP contribution in [0.15, 0.2) is 12.2 Å². The molecule has 0 aromatic heterocycles. The van der Waals surface area contributed by atoms with Gasteiger partial charge < -0.3 is 9.84 Å². The van der Waals surface area contributed by atoms with E-state index < -0.39 is 0 Å². The fraction of sp³-hybridized carbons (Fsp3) is 0.750. The lowest BCUT2D eigenvalue weighted by Crippen LogP contribution is -2.01. The molecule has 2 atom stereocenters. The van der Waals surface area contributed by atoms with Gasteiger partial charge in [0.1, 0.15) is 0 Å². The van der Waals surface area contributed by atoms with Crippen molar-refractivity contribution in [2.75, 3.05) is 13.7 Å². The van der Waals surface area contributed by atoms with Crippen LogP contribution >= 0.6 is 0 Å². The highest BCUT2D eigenvalue weighted by Gasteiger charge is 1.94. The summed E-state index contributed by atoms with van der Waals surface area (Å²) in [5.41, 5.74) is 0. The maximum atomic E-state index is 8.84. The predicted molar refractivity (Wildman–Crippen MR) is 41.9 cm³/mol. The molecule has 0 saturated heterocycles. The summed E-state index contributed by atoms with van der Waals surface area (Å²) in [5, 5.41) is 8.84. The average Bonchev–Trinajstić information content (AvgIpc) is 1.85. The van der Waals surface area contributed by atoms with E-state index in [0.717, 1.165) is 0 Å². The molecule has 2 unspecified atom stereocenters. The van der Waals surface area contributed by atoms with Crippen LogP contribution in [-0.2, 0) is 4.74 Å². The van der Waals surface area contributed by atoms with E-state index in [1.165, 1.54) is 0 Å². The van der Waals surface area contributed by atoms with Crippen LogP contribution in [0.5, 0.6) is 0 Å². The Kier molecular flexibility index (Phi) is 5.26. The normalized spacial score (nSPS) is 17.6. The average molecular weight is 144 g/mol. The summed E-state index contributed by atoms with van der Waals surface area (Å²) in [6.45, 7) is 4.49. The Morgan fingerprint density at radius 1 is 1.40 bits per heavy atom. The lowest BCUT2D eigenvalue weighted by molar-refractivity contribution is 0.175. The van der Waals surface area contributed by atoms with Gasteiger partial charge in [-0.1, -0.05) is 19.1 Å². The van der Waals surface area contributed by atoms with Crippen molar-refractivity contribution in [3.8, 4) is 0 Å². The highest BCUT2D eigenvalue weighted by molar-refractivity contribution is 4.89. The molecule has 0 saturated carbocycles. The second-order valence-corrected chi connectivity index (χ2v) is 2.56. The first-order valence-electron chi connectivity index (χ1n) is 3.52. The fourth-order valence-electron chi connectivity index (χ4n) is 0.669. The van der Waals surface area contributed by atoms with Gasteiger partial charge >= 0.3 is 0 Å². The summed E-state index contributed by atoms with van der Waals surface area (Å²) in [4.78, 5) is 0. The molecule has 60 valence electrons. The van der Waals surface area contributed by atoms with E-state index in [4.69, 9.17) is 9.84 Å². The molecule has 2 heteroatoms. The maximum absolute atomic E-state index is 8.84. The van der Waals surface area contributed by atoms with Crippen LogP contribution in [0.25, 0.3) is 0 Å². The smallest absolute Gasteiger partial charge is 0.0692 e. The second kappa shape index (κ2) is 5.45. The van der Waals surface area contributed by atoms with Crippen LogP contribution in [0.2, 0.25) is 0 Å². The summed E-state index contributed by atoms with van der Waals surface area (Å²) in [6, 6.07) is 0. The fourth-order valence-corrected chi connectivity index (χ4v) is 0.669. The van der Waals surface area contributed by atoms with Crippen LogP contribution in [-0.4, -0.2) is 24.9 Å². The van der Waals surface area contributed by atoms with Crippen molar-refractivity contribution in [1.82, 2.24) is 0 Å². The van der Waals surface area contributed by atoms with Crippen molar-refractivity contribution in [3.63, 3.8) is 0 Å². The van der Waals surface area contributed by atoms with Crippen molar-refractivity contribution >= 4 is 0 Å². The zero-order valence-electron chi connectivity index (χ0n) is 6.87. The summed E-state index contributed by atoms with van der Waals surface area (Å²) in [5.74, 6) is 0.389. The topological polar surface area (TPSA) is 29.5 Å². The quantitative estimate of drug-likeness (QED) is 0.601. The first-order chi connectivity index (χ1) is 4.66. The molecule has 2 nitrogen and oxygen atoms in total. The maximum Gasteiger partial charge on any atom is 0.0692 e. The monoisotopic (exact) mass is 144 g/mol. The van der Waals surface area contributed by atoms with Crippen LogP contribution in [0.1, 0.15) is 13.8 Å². The molecule has 10 heavy (non-hydrogen) atoms. The zero-order chi connectivity index (χ0) is 7.98. The molecule has 0 radical (unpaired) electrons. The molecule has 0 aliphatic rings. The summed E-state index contributed by atoms with van der Waals surface area (Å²) in [6.07, 6.45) is 3.37. The van der Waals surface area contributed by atoms with Gasteiger partial charge in [-0.3, -0.25) is 0 Å². The van der Waals surface area contributed by atoms with Gasteiger partial charge in [0, 0.05) is 7.11 Å². The van der Waals surface area contributed by atoms with Crippen molar-refractivity contribution < 1.29 is 9.84 Å². The predicted octanol–water partition coefficient (Wildman–Crippen LogP) is 1.21. The summed E-state index contributed by atoms with van der Waals surface area (Å²) >= 11 is 0. The molecule has 1 N–H and O–H groups in total. The lowest BCUT2D eigenvalue weighted by atomic mass is 10.1. The van der Waals surface area contributed by atoms with E-state index in [1.807, 2.05) is 13.0 Å². The number of methoxy groups -OCH3 is 1. The first-order valence-corrected chi connectivity index (χ1v) is 3.52. The molecule has 0 rings (SSSR count). The molecule has 0 bridgehead atoms. The first kappa shape index (κ1) is 9.66. The zero-order valence-corrected chi connectivity index (χ0v) is 6.87. The molecular weight excluding hydrogens is 128 g/mol. The van der Waals surface area contributed by atoms with Crippen molar-refractivity contribution in [2.24, 2.45) is 5.92 Å². The van der Waals surface area contributed by atoms with E-state index in [-0.39, 0.29) is 6.10 Å². The number of aliphatic hydroxyl groups excluding tert-OH is 1. The van der Waals surface area contributed by atoms with Crippen LogP contribution in [0, 0.1) is 5.92 Å². The van der Waals surface area contributed by atoms with E-state index in [0.29, 0.717) is 12.5 Å². The Balaban J connectivity index is 3.45. The molecular formula is C8H16O2. The number of ether oxygens (including phenoxy) is 1. The Labute approximate surface area is 62.5 Å². The Bertz CT molecular complexity index is 97.4. The van der Waals surface area contributed by atoms with Gasteiger partial charge in [-0.15, -0.1) is 0 Å². The molecule has 0 aromatic rings.